The minimum Gasteiger partial charge on any atom is -0.356 e. The number of nitrogens with one attached hydrogen (secondary N) is 1. The fraction of sp³-hybridized carbons (Fsp3) is 0.412. The first kappa shape index (κ1) is 23.8. The molecule has 0 heterocycles. The van der Waals surface area contributed by atoms with E-state index in [9.17, 15) is 14.0 Å². The lowest BCUT2D eigenvalue weighted by Crippen LogP contribution is -2.20. The highest BCUT2D eigenvalue weighted by atomic mass is 31.3. The Balaban J connectivity index is 2.99. The topological polar surface area (TPSA) is 125 Å². The number of phosphoric ester groups is 1. The number of aryl methyl sites for hydroxylation is 1. The molecule has 1 rings (SSSR count). The maximum atomic E-state index is 11.9. The van der Waals surface area contributed by atoms with Crippen molar-refractivity contribution in [1.29, 1.82) is 0 Å². The van der Waals surface area contributed by atoms with Crippen molar-refractivity contribution in [2.45, 2.75) is 46.8 Å². The van der Waals surface area contributed by atoms with Crippen LogP contribution in [0.4, 0.5) is 5.69 Å². The minimum absolute atomic E-state index is 0.615. The van der Waals surface area contributed by atoms with Crippen LogP contribution in [0.25, 0.3) is 0 Å². The second kappa shape index (κ2) is 10.3. The second-order valence-electron chi connectivity index (χ2n) is 6.41. The van der Waals surface area contributed by atoms with Gasteiger partial charge in [-0.15, -0.1) is 0 Å². The lowest BCUT2D eigenvalue weighted by Gasteiger charge is -2.21. The standard InChI is InChI=1S/C17H27NO7P2/c1-13(2)7-5-8-15(4)12-17(18-16-10-6-9-14(3)11-16)24-27(22,23)25-26(19,20)21/h6-7,9-12,17-18H,5,8H2,1-4H3,(H,22,23)(H2,19,20,21). The summed E-state index contributed by atoms with van der Waals surface area (Å²) in [4.78, 5) is 27.2. The van der Waals surface area contributed by atoms with Gasteiger partial charge in [-0.2, -0.15) is 4.31 Å². The van der Waals surface area contributed by atoms with Crippen LogP contribution in [0.15, 0.2) is 47.6 Å². The molecule has 152 valence electrons. The Morgan fingerprint density at radius 2 is 1.89 bits per heavy atom. The average molecular weight is 419 g/mol. The zero-order valence-electron chi connectivity index (χ0n) is 15.8. The molecule has 0 bridgehead atoms. The number of anilines is 1. The van der Waals surface area contributed by atoms with E-state index >= 15 is 0 Å². The van der Waals surface area contributed by atoms with E-state index in [1.54, 1.807) is 24.3 Å². The zero-order chi connectivity index (χ0) is 20.7. The number of hydrogen-bond acceptors (Lipinski definition) is 5. The number of phosphoric acid groups is 2. The van der Waals surface area contributed by atoms with Crippen LogP contribution in [0.3, 0.4) is 0 Å². The fourth-order valence-corrected chi connectivity index (χ4v) is 3.85. The monoisotopic (exact) mass is 419 g/mol. The molecule has 0 saturated carbocycles. The summed E-state index contributed by atoms with van der Waals surface area (Å²) in [5.41, 5.74) is 3.63. The molecule has 0 saturated heterocycles. The molecule has 0 aromatic heterocycles. The van der Waals surface area contributed by atoms with Gasteiger partial charge in [0.05, 0.1) is 0 Å². The summed E-state index contributed by atoms with van der Waals surface area (Å²) in [6, 6.07) is 7.22. The van der Waals surface area contributed by atoms with Crippen molar-refractivity contribution in [3.63, 3.8) is 0 Å². The molecule has 0 fully saturated rings. The van der Waals surface area contributed by atoms with Crippen molar-refractivity contribution in [3.8, 4) is 0 Å². The van der Waals surface area contributed by atoms with Gasteiger partial charge in [0.15, 0.2) is 6.23 Å². The van der Waals surface area contributed by atoms with Gasteiger partial charge in [0.1, 0.15) is 0 Å². The number of benzene rings is 1. The smallest absolute Gasteiger partial charge is 0.356 e. The molecule has 0 aliphatic carbocycles. The molecule has 1 aromatic carbocycles. The van der Waals surface area contributed by atoms with Crippen LogP contribution in [0.1, 0.15) is 39.2 Å². The highest BCUT2D eigenvalue weighted by Gasteiger charge is 2.34. The van der Waals surface area contributed by atoms with Crippen molar-refractivity contribution in [1.82, 2.24) is 0 Å². The lowest BCUT2D eigenvalue weighted by molar-refractivity contribution is 0.162. The summed E-state index contributed by atoms with van der Waals surface area (Å²) >= 11 is 0. The predicted octanol–water partition coefficient (Wildman–Crippen LogP) is 4.65. The quantitative estimate of drug-likeness (QED) is 0.245. The highest BCUT2D eigenvalue weighted by Crippen LogP contribution is 2.58. The molecule has 8 nitrogen and oxygen atoms in total. The van der Waals surface area contributed by atoms with Gasteiger partial charge in [0.25, 0.3) is 0 Å². The number of hydrogen-bond donors (Lipinski definition) is 4. The fourth-order valence-electron chi connectivity index (χ4n) is 2.22. The summed E-state index contributed by atoms with van der Waals surface area (Å²) < 4.78 is 31.6. The summed E-state index contributed by atoms with van der Waals surface area (Å²) in [5.74, 6) is 0. The predicted molar refractivity (Wildman–Crippen MR) is 105 cm³/mol. The van der Waals surface area contributed by atoms with Gasteiger partial charge in [-0.3, -0.25) is 4.52 Å². The average Bonchev–Trinajstić information content (AvgIpc) is 2.43. The van der Waals surface area contributed by atoms with Crippen LogP contribution < -0.4 is 5.32 Å². The molecule has 0 aliphatic heterocycles. The molecule has 1 aromatic rings. The first-order chi connectivity index (χ1) is 12.4. The second-order valence-corrected chi connectivity index (χ2v) is 9.20. The van der Waals surface area contributed by atoms with Gasteiger partial charge < -0.3 is 20.0 Å². The Labute approximate surface area is 159 Å². The minimum atomic E-state index is -5.19. The van der Waals surface area contributed by atoms with Crippen molar-refractivity contribution in [2.24, 2.45) is 0 Å². The van der Waals surface area contributed by atoms with Crippen LogP contribution in [0, 0.1) is 6.92 Å². The Kier molecular flexibility index (Phi) is 9.12. The van der Waals surface area contributed by atoms with Gasteiger partial charge in [0.2, 0.25) is 0 Å². The van der Waals surface area contributed by atoms with Crippen molar-refractivity contribution in [3.05, 3.63) is 53.1 Å². The highest BCUT2D eigenvalue weighted by molar-refractivity contribution is 7.60. The van der Waals surface area contributed by atoms with Crippen molar-refractivity contribution in [2.75, 3.05) is 5.32 Å². The van der Waals surface area contributed by atoms with Gasteiger partial charge >= 0.3 is 15.6 Å². The first-order valence-electron chi connectivity index (χ1n) is 8.28. The Bertz CT molecular complexity index is 781. The zero-order valence-corrected chi connectivity index (χ0v) is 17.6. The SMILES string of the molecule is CC(C)=CCCC(C)=CC(Nc1cccc(C)c1)OP(=O)(O)OP(=O)(O)O. The van der Waals surface area contributed by atoms with E-state index < -0.39 is 21.9 Å². The van der Waals surface area contributed by atoms with Gasteiger partial charge in [0, 0.05) is 5.69 Å². The van der Waals surface area contributed by atoms with Gasteiger partial charge in [-0.05, 0) is 64.3 Å². The molecular weight excluding hydrogens is 392 g/mol. The number of allylic oxidation sites excluding steroid dienone is 3. The summed E-state index contributed by atoms with van der Waals surface area (Å²) in [7, 11) is -10.2. The van der Waals surface area contributed by atoms with Crippen molar-refractivity contribution >= 4 is 21.3 Å². The van der Waals surface area contributed by atoms with Gasteiger partial charge in [-0.1, -0.05) is 29.4 Å². The third kappa shape index (κ3) is 11.3. The van der Waals surface area contributed by atoms with E-state index in [4.69, 9.17) is 14.3 Å². The lowest BCUT2D eigenvalue weighted by atomic mass is 10.1. The largest absolute Gasteiger partial charge is 0.483 e. The van der Waals surface area contributed by atoms with E-state index in [0.29, 0.717) is 12.1 Å². The molecule has 0 radical (unpaired) electrons. The van der Waals surface area contributed by atoms with E-state index in [0.717, 1.165) is 17.6 Å². The third-order valence-corrected chi connectivity index (χ3v) is 5.48. The van der Waals surface area contributed by atoms with Crippen LogP contribution in [-0.4, -0.2) is 20.9 Å². The molecular formula is C17H27NO7P2. The van der Waals surface area contributed by atoms with Crippen LogP contribution >= 0.6 is 15.6 Å². The van der Waals surface area contributed by atoms with E-state index in [-0.39, 0.29) is 0 Å². The maximum Gasteiger partial charge on any atom is 0.483 e. The normalized spacial score (nSPS) is 15.7. The number of rotatable bonds is 10. The first-order valence-corrected chi connectivity index (χ1v) is 11.3. The molecule has 4 N–H and O–H groups in total. The van der Waals surface area contributed by atoms with E-state index in [1.807, 2.05) is 33.8 Å². The molecule has 0 spiro atoms. The van der Waals surface area contributed by atoms with E-state index in [2.05, 4.69) is 15.7 Å². The summed E-state index contributed by atoms with van der Waals surface area (Å²) in [6.07, 6.45) is 4.00. The summed E-state index contributed by atoms with van der Waals surface area (Å²) in [6.45, 7) is 7.70. The van der Waals surface area contributed by atoms with Crippen LogP contribution in [0.5, 0.6) is 0 Å². The Morgan fingerprint density at radius 1 is 1.22 bits per heavy atom. The molecule has 2 unspecified atom stereocenters. The van der Waals surface area contributed by atoms with E-state index in [1.165, 1.54) is 5.57 Å². The van der Waals surface area contributed by atoms with Crippen molar-refractivity contribution < 1.29 is 32.6 Å². The maximum absolute atomic E-state index is 11.9. The van der Waals surface area contributed by atoms with Gasteiger partial charge in [-0.25, -0.2) is 9.13 Å². The molecule has 0 aliphatic rings. The summed E-state index contributed by atoms with van der Waals surface area (Å²) in [5, 5.41) is 2.91. The third-order valence-electron chi connectivity index (χ3n) is 3.31. The molecule has 27 heavy (non-hydrogen) atoms. The molecule has 0 amide bonds. The van der Waals surface area contributed by atoms with Crippen LogP contribution in [0.2, 0.25) is 0 Å². The molecule has 10 heteroatoms. The Morgan fingerprint density at radius 3 is 2.44 bits per heavy atom. The Hall–Kier alpha value is -1.24. The molecule has 2 atom stereocenters. The van der Waals surface area contributed by atoms with Crippen LogP contribution in [-0.2, 0) is 18.0 Å².